The van der Waals surface area contributed by atoms with Crippen LogP contribution in [0.15, 0.2) is 59.1 Å². The molecule has 2 fully saturated rings. The summed E-state index contributed by atoms with van der Waals surface area (Å²) in [5.41, 5.74) is 1.77. The molecule has 0 bridgehead atoms. The van der Waals surface area contributed by atoms with Gasteiger partial charge >= 0.3 is 0 Å². The van der Waals surface area contributed by atoms with Crippen LogP contribution in [0, 0.1) is 5.92 Å². The molecule has 4 rings (SSSR count). The highest BCUT2D eigenvalue weighted by molar-refractivity contribution is 9.10. The van der Waals surface area contributed by atoms with E-state index in [0.29, 0.717) is 12.8 Å². The summed E-state index contributed by atoms with van der Waals surface area (Å²) in [5, 5.41) is 2.63. The molecule has 0 aliphatic carbocycles. The molecule has 2 aromatic carbocycles. The highest BCUT2D eigenvalue weighted by Crippen LogP contribution is 2.44. The number of nitrogens with one attached hydrogen (secondary N) is 1. The summed E-state index contributed by atoms with van der Waals surface area (Å²) in [7, 11) is 0. The molecule has 154 valence electrons. The van der Waals surface area contributed by atoms with Crippen molar-refractivity contribution < 1.29 is 9.59 Å². The predicted molar refractivity (Wildman–Crippen MR) is 120 cm³/mol. The van der Waals surface area contributed by atoms with E-state index in [9.17, 15) is 9.59 Å². The molecule has 2 aliphatic rings. The SMILES string of the molecule is Cl.O=C1CC[C@@](c2ccccc2)(C2CCN(Cc3ccc(Br)cc3)CC2)C(=O)N1. The molecule has 2 heterocycles. The summed E-state index contributed by atoms with van der Waals surface area (Å²) in [4.78, 5) is 27.4. The van der Waals surface area contributed by atoms with Gasteiger partial charge in [0, 0.05) is 17.4 Å². The standard InChI is InChI=1S/C23H25BrN2O2.ClH/c24-20-8-6-17(7-9-20)16-26-14-11-19(12-15-26)23(18-4-2-1-3-5-18)13-10-21(27)25-22(23)28;/h1-9,19H,10-16H2,(H,25,27,28);1H/t23-;/m1./s1. The third-order valence-electron chi connectivity index (χ3n) is 6.30. The van der Waals surface area contributed by atoms with Crippen molar-refractivity contribution in [2.75, 3.05) is 13.1 Å². The van der Waals surface area contributed by atoms with Gasteiger partial charge in [-0.3, -0.25) is 19.8 Å². The lowest BCUT2D eigenvalue weighted by atomic mass is 9.62. The molecule has 2 aromatic rings. The molecule has 0 spiro atoms. The van der Waals surface area contributed by atoms with Crippen LogP contribution in [0.1, 0.15) is 36.8 Å². The Morgan fingerprint density at radius 1 is 1.00 bits per heavy atom. The third-order valence-corrected chi connectivity index (χ3v) is 6.83. The zero-order valence-corrected chi connectivity index (χ0v) is 18.7. The number of hydrogen-bond acceptors (Lipinski definition) is 3. The molecule has 0 radical (unpaired) electrons. The number of likely N-dealkylation sites (tertiary alicyclic amines) is 1. The highest BCUT2D eigenvalue weighted by Gasteiger charge is 2.50. The molecular weight excluding hydrogens is 452 g/mol. The third kappa shape index (κ3) is 4.57. The van der Waals surface area contributed by atoms with E-state index in [1.807, 2.05) is 30.3 Å². The van der Waals surface area contributed by atoms with Crippen LogP contribution in [-0.4, -0.2) is 29.8 Å². The Bertz CT molecular complexity index is 851. The molecule has 6 heteroatoms. The zero-order valence-electron chi connectivity index (χ0n) is 16.3. The monoisotopic (exact) mass is 476 g/mol. The number of nitrogens with zero attached hydrogens (tertiary/aromatic N) is 1. The average molecular weight is 478 g/mol. The van der Waals surface area contributed by atoms with Gasteiger partial charge in [-0.15, -0.1) is 12.4 Å². The van der Waals surface area contributed by atoms with Crippen LogP contribution in [0.5, 0.6) is 0 Å². The van der Waals surface area contributed by atoms with E-state index >= 15 is 0 Å². The molecule has 0 unspecified atom stereocenters. The minimum absolute atomic E-state index is 0. The second-order valence-corrected chi connectivity index (χ2v) is 8.81. The van der Waals surface area contributed by atoms with Gasteiger partial charge in [-0.05, 0) is 61.5 Å². The van der Waals surface area contributed by atoms with E-state index in [1.54, 1.807) is 0 Å². The van der Waals surface area contributed by atoms with Crippen molar-refractivity contribution in [3.8, 4) is 0 Å². The van der Waals surface area contributed by atoms with Crippen molar-refractivity contribution in [1.29, 1.82) is 0 Å². The fraction of sp³-hybridized carbons (Fsp3) is 0.391. The fourth-order valence-corrected chi connectivity index (χ4v) is 5.06. The molecule has 4 nitrogen and oxygen atoms in total. The maximum absolute atomic E-state index is 13.1. The van der Waals surface area contributed by atoms with E-state index in [2.05, 4.69) is 50.4 Å². The number of benzene rings is 2. The molecule has 1 atom stereocenters. The second kappa shape index (κ2) is 9.41. The van der Waals surface area contributed by atoms with Gasteiger partial charge in [0.2, 0.25) is 11.8 Å². The Morgan fingerprint density at radius 2 is 1.66 bits per heavy atom. The van der Waals surface area contributed by atoms with Crippen LogP contribution in [-0.2, 0) is 21.5 Å². The van der Waals surface area contributed by atoms with Crippen molar-refractivity contribution in [1.82, 2.24) is 10.2 Å². The number of piperidine rings is 2. The van der Waals surface area contributed by atoms with Gasteiger partial charge < -0.3 is 0 Å². The zero-order chi connectivity index (χ0) is 19.6. The van der Waals surface area contributed by atoms with Crippen LogP contribution in [0.3, 0.4) is 0 Å². The maximum atomic E-state index is 13.1. The number of imide groups is 1. The minimum atomic E-state index is -0.584. The Balaban J connectivity index is 0.00000240. The van der Waals surface area contributed by atoms with Gasteiger partial charge in [0.25, 0.3) is 0 Å². The summed E-state index contributed by atoms with van der Waals surface area (Å²) in [6.45, 7) is 2.87. The predicted octanol–water partition coefficient (Wildman–Crippen LogP) is 4.46. The van der Waals surface area contributed by atoms with E-state index in [1.165, 1.54) is 5.56 Å². The van der Waals surface area contributed by atoms with Crippen LogP contribution in [0.2, 0.25) is 0 Å². The molecular formula is C23H26BrClN2O2. The van der Waals surface area contributed by atoms with Crippen LogP contribution in [0.25, 0.3) is 0 Å². The number of carbonyl (C=O) groups is 2. The lowest BCUT2D eigenvalue weighted by Gasteiger charge is -2.45. The lowest BCUT2D eigenvalue weighted by molar-refractivity contribution is -0.140. The topological polar surface area (TPSA) is 49.4 Å². The Kier molecular flexibility index (Phi) is 7.14. The van der Waals surface area contributed by atoms with E-state index in [0.717, 1.165) is 42.5 Å². The van der Waals surface area contributed by atoms with Gasteiger partial charge in [-0.2, -0.15) is 0 Å². The van der Waals surface area contributed by atoms with Crippen LogP contribution < -0.4 is 5.32 Å². The Morgan fingerprint density at radius 3 is 2.28 bits per heavy atom. The van der Waals surface area contributed by atoms with Gasteiger partial charge in [0.15, 0.2) is 0 Å². The lowest BCUT2D eigenvalue weighted by Crippen LogP contribution is -2.57. The number of carbonyl (C=O) groups excluding carboxylic acids is 2. The Hall–Kier alpha value is -1.69. The number of amides is 2. The van der Waals surface area contributed by atoms with Crippen molar-refractivity contribution in [2.45, 2.75) is 37.6 Å². The largest absolute Gasteiger partial charge is 0.299 e. The van der Waals surface area contributed by atoms with Gasteiger partial charge in [-0.25, -0.2) is 0 Å². The molecule has 2 aliphatic heterocycles. The van der Waals surface area contributed by atoms with Gasteiger partial charge in [0.05, 0.1) is 5.41 Å². The van der Waals surface area contributed by atoms with Crippen molar-refractivity contribution >= 4 is 40.2 Å². The molecule has 0 saturated carbocycles. The molecule has 1 N–H and O–H groups in total. The van der Waals surface area contributed by atoms with Crippen molar-refractivity contribution in [2.24, 2.45) is 5.92 Å². The van der Waals surface area contributed by atoms with E-state index in [-0.39, 0.29) is 30.1 Å². The smallest absolute Gasteiger partial charge is 0.237 e. The summed E-state index contributed by atoms with van der Waals surface area (Å²) in [6, 6.07) is 18.5. The van der Waals surface area contributed by atoms with Gasteiger partial charge in [0.1, 0.15) is 0 Å². The number of hydrogen-bond donors (Lipinski definition) is 1. The molecule has 2 saturated heterocycles. The number of halogens is 2. The number of rotatable bonds is 4. The van der Waals surface area contributed by atoms with E-state index < -0.39 is 5.41 Å². The molecule has 0 aromatic heterocycles. The second-order valence-electron chi connectivity index (χ2n) is 7.89. The van der Waals surface area contributed by atoms with E-state index in [4.69, 9.17) is 0 Å². The normalized spacial score (nSPS) is 23.3. The van der Waals surface area contributed by atoms with Crippen molar-refractivity contribution in [3.05, 3.63) is 70.2 Å². The quantitative estimate of drug-likeness (QED) is 0.662. The molecule has 29 heavy (non-hydrogen) atoms. The fourth-order valence-electron chi connectivity index (χ4n) is 4.79. The summed E-state index contributed by atoms with van der Waals surface area (Å²) >= 11 is 3.49. The summed E-state index contributed by atoms with van der Waals surface area (Å²) < 4.78 is 1.10. The Labute approximate surface area is 186 Å². The van der Waals surface area contributed by atoms with Crippen molar-refractivity contribution in [3.63, 3.8) is 0 Å². The summed E-state index contributed by atoms with van der Waals surface area (Å²) in [6.07, 6.45) is 2.96. The first-order valence-corrected chi connectivity index (χ1v) is 10.7. The first-order chi connectivity index (χ1) is 13.6. The highest BCUT2D eigenvalue weighted by atomic mass is 79.9. The van der Waals surface area contributed by atoms with Gasteiger partial charge in [-0.1, -0.05) is 58.4 Å². The van der Waals surface area contributed by atoms with Crippen LogP contribution >= 0.6 is 28.3 Å². The molecule has 2 amide bonds. The first-order valence-electron chi connectivity index (χ1n) is 9.94. The maximum Gasteiger partial charge on any atom is 0.237 e. The summed E-state index contributed by atoms with van der Waals surface area (Å²) in [5.74, 6) is -0.00490. The van der Waals surface area contributed by atoms with Crippen LogP contribution in [0.4, 0.5) is 0 Å². The minimum Gasteiger partial charge on any atom is -0.299 e. The average Bonchev–Trinajstić information content (AvgIpc) is 2.72. The first kappa shape index (κ1) is 22.0.